The minimum atomic E-state index is -3.14. The molecule has 0 radical (unpaired) electrons. The van der Waals surface area contributed by atoms with Crippen LogP contribution in [0.2, 0.25) is 0 Å². The van der Waals surface area contributed by atoms with Crippen LogP contribution in [0.3, 0.4) is 0 Å². The second-order valence-corrected chi connectivity index (χ2v) is 9.62. The molecule has 1 aliphatic carbocycles. The Kier molecular flexibility index (Phi) is 7.02. The Hall–Kier alpha value is -1.40. The van der Waals surface area contributed by atoms with Crippen LogP contribution in [-0.2, 0) is 14.6 Å². The third kappa shape index (κ3) is 5.82. The van der Waals surface area contributed by atoms with Gasteiger partial charge >= 0.3 is 0 Å². The van der Waals surface area contributed by atoms with Gasteiger partial charge in [-0.25, -0.2) is 8.42 Å². The number of benzene rings is 1. The zero-order valence-corrected chi connectivity index (χ0v) is 16.3. The summed E-state index contributed by atoms with van der Waals surface area (Å²) in [6.45, 7) is 2.51. The van der Waals surface area contributed by atoms with Crippen LogP contribution < -0.4 is 5.32 Å². The fraction of sp³-hybridized carbons (Fsp3) is 0.632. The first-order valence-corrected chi connectivity index (χ1v) is 10.7. The summed E-state index contributed by atoms with van der Waals surface area (Å²) < 4.78 is 24.5. The third-order valence-corrected chi connectivity index (χ3v) is 7.26. The molecule has 0 saturated heterocycles. The molecule has 0 unspecified atom stereocenters. The molecule has 140 valence electrons. The topological polar surface area (TPSA) is 66.5 Å². The van der Waals surface area contributed by atoms with Gasteiger partial charge in [-0.1, -0.05) is 42.7 Å². The molecule has 1 atom stereocenters. The normalized spacial score (nSPS) is 17.0. The van der Waals surface area contributed by atoms with Gasteiger partial charge in [0.15, 0.2) is 9.84 Å². The Bertz CT molecular complexity index is 662. The molecule has 1 amide bonds. The number of hydrogen-bond donors (Lipinski definition) is 1. The van der Waals surface area contributed by atoms with Gasteiger partial charge in [-0.3, -0.25) is 4.79 Å². The largest absolute Gasteiger partial charge is 0.354 e. The molecule has 0 bridgehead atoms. The Labute approximate surface area is 151 Å². The van der Waals surface area contributed by atoms with E-state index in [2.05, 4.69) is 34.5 Å². The van der Waals surface area contributed by atoms with E-state index >= 15 is 0 Å². The van der Waals surface area contributed by atoms with Crippen molar-refractivity contribution in [1.82, 2.24) is 10.2 Å². The maximum Gasteiger partial charge on any atom is 0.221 e. The molecule has 1 aromatic carbocycles. The van der Waals surface area contributed by atoms with Gasteiger partial charge in [0.2, 0.25) is 5.91 Å². The lowest BCUT2D eigenvalue weighted by atomic mass is 10.0. The van der Waals surface area contributed by atoms with Crippen LogP contribution in [0.15, 0.2) is 24.3 Å². The lowest BCUT2D eigenvalue weighted by Gasteiger charge is -2.25. The highest BCUT2D eigenvalue weighted by Gasteiger charge is 2.29. The molecule has 1 saturated carbocycles. The number of nitrogens with one attached hydrogen (secondary N) is 1. The van der Waals surface area contributed by atoms with Gasteiger partial charge < -0.3 is 10.2 Å². The Morgan fingerprint density at radius 2 is 1.80 bits per heavy atom. The molecule has 0 aromatic heterocycles. The summed E-state index contributed by atoms with van der Waals surface area (Å²) in [5.41, 5.74) is 2.33. The summed E-state index contributed by atoms with van der Waals surface area (Å²) in [6, 6.07) is 8.31. The number of hydrogen-bond acceptors (Lipinski definition) is 4. The summed E-state index contributed by atoms with van der Waals surface area (Å²) in [5.74, 6) is -0.235. The number of rotatable bonds is 8. The summed E-state index contributed by atoms with van der Waals surface area (Å²) in [7, 11) is 0.809. The number of sulfone groups is 1. The van der Waals surface area contributed by atoms with Gasteiger partial charge in [0, 0.05) is 13.0 Å². The fourth-order valence-corrected chi connectivity index (χ4v) is 5.19. The summed E-state index contributed by atoms with van der Waals surface area (Å²) in [6.07, 6.45) is 3.52. The summed E-state index contributed by atoms with van der Waals surface area (Å²) in [5, 5.41) is 2.66. The van der Waals surface area contributed by atoms with E-state index < -0.39 is 9.84 Å². The molecule has 1 aromatic rings. The first-order chi connectivity index (χ1) is 11.8. The SMILES string of the molecule is Cc1ccc([C@@H](CNC(=O)CCS(=O)(=O)C2CCCC2)N(C)C)cc1. The highest BCUT2D eigenvalue weighted by molar-refractivity contribution is 7.92. The molecule has 0 spiro atoms. The lowest BCUT2D eigenvalue weighted by Crippen LogP contribution is -2.35. The van der Waals surface area contributed by atoms with Crippen LogP contribution in [0.4, 0.5) is 0 Å². The van der Waals surface area contributed by atoms with Crippen LogP contribution in [0.1, 0.15) is 49.3 Å². The zero-order valence-electron chi connectivity index (χ0n) is 15.5. The molecule has 2 rings (SSSR count). The quantitative estimate of drug-likeness (QED) is 0.767. The van der Waals surface area contributed by atoms with E-state index in [1.807, 2.05) is 21.0 Å². The third-order valence-electron chi connectivity index (χ3n) is 5.00. The Morgan fingerprint density at radius 1 is 1.20 bits per heavy atom. The van der Waals surface area contributed by atoms with Crippen molar-refractivity contribution in [2.75, 3.05) is 26.4 Å². The van der Waals surface area contributed by atoms with Crippen molar-refractivity contribution in [1.29, 1.82) is 0 Å². The smallest absolute Gasteiger partial charge is 0.221 e. The second kappa shape index (κ2) is 8.81. The predicted octanol–water partition coefficient (Wildman–Crippen LogP) is 2.46. The van der Waals surface area contributed by atoms with Gasteiger partial charge in [0.05, 0.1) is 17.0 Å². The molecular formula is C19H30N2O3S. The summed E-state index contributed by atoms with van der Waals surface area (Å²) >= 11 is 0. The van der Waals surface area contributed by atoms with Crippen molar-refractivity contribution >= 4 is 15.7 Å². The molecule has 1 fully saturated rings. The Morgan fingerprint density at radius 3 is 2.36 bits per heavy atom. The van der Waals surface area contributed by atoms with Gasteiger partial charge in [-0.15, -0.1) is 0 Å². The second-order valence-electron chi connectivity index (χ2n) is 7.22. The monoisotopic (exact) mass is 366 g/mol. The summed E-state index contributed by atoms with van der Waals surface area (Å²) in [4.78, 5) is 14.2. The van der Waals surface area contributed by atoms with E-state index in [-0.39, 0.29) is 29.4 Å². The standard InChI is InChI=1S/C19H30N2O3S/c1-15-8-10-16(11-9-15)18(21(2)3)14-20-19(22)12-13-25(23,24)17-6-4-5-7-17/h8-11,17-18H,4-7,12-14H2,1-3H3,(H,20,22)/t18-/m1/s1. The lowest BCUT2D eigenvalue weighted by molar-refractivity contribution is -0.120. The van der Waals surface area contributed by atoms with Gasteiger partial charge in [-0.05, 0) is 39.4 Å². The van der Waals surface area contributed by atoms with Gasteiger partial charge in [0.25, 0.3) is 0 Å². The average molecular weight is 367 g/mol. The van der Waals surface area contributed by atoms with Crippen molar-refractivity contribution in [3.8, 4) is 0 Å². The molecule has 1 aliphatic rings. The van der Waals surface area contributed by atoms with Crippen molar-refractivity contribution in [3.05, 3.63) is 35.4 Å². The minimum Gasteiger partial charge on any atom is -0.354 e. The van der Waals surface area contributed by atoms with E-state index in [9.17, 15) is 13.2 Å². The molecule has 5 nitrogen and oxygen atoms in total. The van der Waals surface area contributed by atoms with Crippen molar-refractivity contribution in [3.63, 3.8) is 0 Å². The van der Waals surface area contributed by atoms with Crippen LogP contribution in [-0.4, -0.2) is 50.9 Å². The van der Waals surface area contributed by atoms with Gasteiger partial charge in [0.1, 0.15) is 0 Å². The highest BCUT2D eigenvalue weighted by atomic mass is 32.2. The molecule has 1 N–H and O–H groups in total. The number of amides is 1. The van der Waals surface area contributed by atoms with E-state index in [1.165, 1.54) is 5.56 Å². The minimum absolute atomic E-state index is 0.0410. The first-order valence-electron chi connectivity index (χ1n) is 9.01. The van der Waals surface area contributed by atoms with Gasteiger partial charge in [-0.2, -0.15) is 0 Å². The highest BCUT2D eigenvalue weighted by Crippen LogP contribution is 2.25. The molecule has 0 heterocycles. The predicted molar refractivity (Wildman–Crippen MR) is 101 cm³/mol. The van der Waals surface area contributed by atoms with E-state index in [0.29, 0.717) is 6.54 Å². The maximum atomic E-state index is 12.2. The zero-order chi connectivity index (χ0) is 18.4. The van der Waals surface area contributed by atoms with E-state index in [4.69, 9.17) is 0 Å². The van der Waals surface area contributed by atoms with Crippen LogP contribution >= 0.6 is 0 Å². The van der Waals surface area contributed by atoms with Crippen molar-refractivity contribution in [2.45, 2.75) is 50.3 Å². The van der Waals surface area contributed by atoms with Crippen LogP contribution in [0.5, 0.6) is 0 Å². The number of aryl methyl sites for hydroxylation is 1. The molecule has 6 heteroatoms. The molecule has 0 aliphatic heterocycles. The number of carbonyl (C=O) groups excluding carboxylic acids is 1. The van der Waals surface area contributed by atoms with Crippen molar-refractivity contribution in [2.24, 2.45) is 0 Å². The maximum absolute atomic E-state index is 12.2. The first kappa shape index (κ1) is 19.9. The van der Waals surface area contributed by atoms with E-state index in [1.54, 1.807) is 0 Å². The fourth-order valence-electron chi connectivity index (χ4n) is 3.34. The van der Waals surface area contributed by atoms with E-state index in [0.717, 1.165) is 31.2 Å². The average Bonchev–Trinajstić information content (AvgIpc) is 3.10. The Balaban J connectivity index is 1.85. The number of carbonyl (C=O) groups is 1. The van der Waals surface area contributed by atoms with Crippen LogP contribution in [0.25, 0.3) is 0 Å². The number of nitrogens with zero attached hydrogens (tertiary/aromatic N) is 1. The molecular weight excluding hydrogens is 336 g/mol. The van der Waals surface area contributed by atoms with Crippen LogP contribution in [0, 0.1) is 6.92 Å². The number of likely N-dealkylation sites (N-methyl/N-ethyl adjacent to an activating group) is 1. The molecule has 25 heavy (non-hydrogen) atoms. The van der Waals surface area contributed by atoms with Crippen molar-refractivity contribution < 1.29 is 13.2 Å².